The van der Waals surface area contributed by atoms with E-state index >= 15 is 0 Å². The van der Waals surface area contributed by atoms with Crippen molar-refractivity contribution in [3.8, 4) is 0 Å². The number of hydrogen-bond acceptors (Lipinski definition) is 2. The van der Waals surface area contributed by atoms with Gasteiger partial charge in [-0.2, -0.15) is 0 Å². The van der Waals surface area contributed by atoms with Crippen LogP contribution in [0.3, 0.4) is 0 Å². The SMILES string of the molecule is NC1CC2CCC(C1)N2. The molecule has 2 nitrogen and oxygen atoms in total. The van der Waals surface area contributed by atoms with Gasteiger partial charge < -0.3 is 11.1 Å². The minimum atomic E-state index is 0.490. The van der Waals surface area contributed by atoms with E-state index in [4.69, 9.17) is 5.73 Å². The lowest BCUT2D eigenvalue weighted by Gasteiger charge is -2.25. The number of piperidine rings is 1. The minimum Gasteiger partial charge on any atom is -0.328 e. The first kappa shape index (κ1) is 5.69. The molecule has 2 rings (SSSR count). The molecule has 0 aromatic heterocycles. The molecule has 2 bridgehead atoms. The van der Waals surface area contributed by atoms with Crippen molar-refractivity contribution in [1.82, 2.24) is 5.32 Å². The van der Waals surface area contributed by atoms with E-state index in [0.717, 1.165) is 12.1 Å². The van der Waals surface area contributed by atoms with Gasteiger partial charge in [-0.25, -0.2) is 0 Å². The second-order valence-electron chi connectivity index (χ2n) is 3.37. The minimum absolute atomic E-state index is 0.490. The molecule has 9 heavy (non-hydrogen) atoms. The van der Waals surface area contributed by atoms with Crippen LogP contribution in [-0.2, 0) is 0 Å². The summed E-state index contributed by atoms with van der Waals surface area (Å²) in [4.78, 5) is 0. The van der Waals surface area contributed by atoms with Crippen molar-refractivity contribution < 1.29 is 0 Å². The van der Waals surface area contributed by atoms with Crippen molar-refractivity contribution in [3.05, 3.63) is 0 Å². The average Bonchev–Trinajstić information content (AvgIpc) is 2.11. The summed E-state index contributed by atoms with van der Waals surface area (Å²) in [5.74, 6) is 0. The van der Waals surface area contributed by atoms with E-state index in [2.05, 4.69) is 5.32 Å². The van der Waals surface area contributed by atoms with Crippen LogP contribution in [0.25, 0.3) is 0 Å². The Kier molecular flexibility index (Phi) is 1.24. The van der Waals surface area contributed by atoms with Crippen LogP contribution < -0.4 is 11.1 Å². The molecule has 2 aliphatic rings. The monoisotopic (exact) mass is 126 g/mol. The molecule has 0 aliphatic carbocycles. The second-order valence-corrected chi connectivity index (χ2v) is 3.37. The third-order valence-electron chi connectivity index (χ3n) is 2.51. The molecule has 2 heteroatoms. The Bertz CT molecular complexity index is 101. The Morgan fingerprint density at radius 2 is 1.67 bits per heavy atom. The smallest absolute Gasteiger partial charge is 0.00849 e. The van der Waals surface area contributed by atoms with Crippen molar-refractivity contribution >= 4 is 0 Å². The lowest BCUT2D eigenvalue weighted by molar-refractivity contribution is 0.363. The van der Waals surface area contributed by atoms with Gasteiger partial charge in [0.2, 0.25) is 0 Å². The van der Waals surface area contributed by atoms with Crippen LogP contribution in [0.15, 0.2) is 0 Å². The normalized spacial score (nSPS) is 49.7. The Hall–Kier alpha value is -0.0800. The Morgan fingerprint density at radius 1 is 1.11 bits per heavy atom. The average molecular weight is 126 g/mol. The van der Waals surface area contributed by atoms with Gasteiger partial charge in [0.25, 0.3) is 0 Å². The van der Waals surface area contributed by atoms with Crippen LogP contribution in [0.2, 0.25) is 0 Å². The molecular weight excluding hydrogens is 112 g/mol. The predicted molar refractivity (Wildman–Crippen MR) is 37.2 cm³/mol. The summed E-state index contributed by atoms with van der Waals surface area (Å²) < 4.78 is 0. The molecule has 2 atom stereocenters. The van der Waals surface area contributed by atoms with Gasteiger partial charge >= 0.3 is 0 Å². The van der Waals surface area contributed by atoms with Gasteiger partial charge in [-0.05, 0) is 25.7 Å². The predicted octanol–water partition coefficient (Wildman–Crippen LogP) is 0.228. The summed E-state index contributed by atoms with van der Waals surface area (Å²) in [6, 6.07) is 2.02. The quantitative estimate of drug-likeness (QED) is 0.487. The molecule has 2 heterocycles. The van der Waals surface area contributed by atoms with E-state index in [0.29, 0.717) is 6.04 Å². The fourth-order valence-electron chi connectivity index (χ4n) is 2.10. The van der Waals surface area contributed by atoms with E-state index < -0.39 is 0 Å². The van der Waals surface area contributed by atoms with Gasteiger partial charge in [0.1, 0.15) is 0 Å². The van der Waals surface area contributed by atoms with Gasteiger partial charge in [-0.3, -0.25) is 0 Å². The highest BCUT2D eigenvalue weighted by Gasteiger charge is 2.31. The molecule has 2 fully saturated rings. The summed E-state index contributed by atoms with van der Waals surface area (Å²) >= 11 is 0. The van der Waals surface area contributed by atoms with E-state index in [1.807, 2.05) is 0 Å². The van der Waals surface area contributed by atoms with Gasteiger partial charge in [-0.15, -0.1) is 0 Å². The zero-order chi connectivity index (χ0) is 6.27. The summed E-state index contributed by atoms with van der Waals surface area (Å²) in [6.45, 7) is 0. The van der Waals surface area contributed by atoms with Gasteiger partial charge in [0.05, 0.1) is 0 Å². The number of fused-ring (bicyclic) bond motifs is 2. The molecule has 2 unspecified atom stereocenters. The molecule has 0 saturated carbocycles. The lowest BCUT2D eigenvalue weighted by atomic mass is 10.0. The zero-order valence-electron chi connectivity index (χ0n) is 5.64. The molecule has 2 aliphatic heterocycles. The molecule has 52 valence electrons. The van der Waals surface area contributed by atoms with Crippen LogP contribution in [0.5, 0.6) is 0 Å². The van der Waals surface area contributed by atoms with Gasteiger partial charge in [-0.1, -0.05) is 0 Å². The molecule has 0 aromatic carbocycles. The summed E-state index contributed by atoms with van der Waals surface area (Å²) in [6.07, 6.45) is 5.13. The standard InChI is InChI=1S/C7H14N2/c8-5-3-6-1-2-7(4-5)9-6/h5-7,9H,1-4,8H2. The largest absolute Gasteiger partial charge is 0.328 e. The highest BCUT2D eigenvalue weighted by molar-refractivity contribution is 4.93. The molecule has 2 saturated heterocycles. The molecular formula is C7H14N2. The first-order valence-corrected chi connectivity index (χ1v) is 3.86. The van der Waals surface area contributed by atoms with Crippen LogP contribution >= 0.6 is 0 Å². The van der Waals surface area contributed by atoms with Crippen LogP contribution in [-0.4, -0.2) is 18.1 Å². The lowest BCUT2D eigenvalue weighted by Crippen LogP contribution is -2.43. The molecule has 0 amide bonds. The third kappa shape index (κ3) is 0.970. The highest BCUT2D eigenvalue weighted by atomic mass is 15.0. The summed E-state index contributed by atoms with van der Waals surface area (Å²) in [5.41, 5.74) is 5.82. The first-order chi connectivity index (χ1) is 4.34. The zero-order valence-corrected chi connectivity index (χ0v) is 5.64. The molecule has 0 aromatic rings. The van der Waals surface area contributed by atoms with E-state index in [9.17, 15) is 0 Å². The van der Waals surface area contributed by atoms with Crippen LogP contribution in [0.1, 0.15) is 25.7 Å². The van der Waals surface area contributed by atoms with Gasteiger partial charge in [0, 0.05) is 18.1 Å². The molecule has 3 N–H and O–H groups in total. The van der Waals surface area contributed by atoms with Crippen molar-refractivity contribution in [2.45, 2.75) is 43.8 Å². The van der Waals surface area contributed by atoms with Crippen molar-refractivity contribution in [1.29, 1.82) is 0 Å². The highest BCUT2D eigenvalue weighted by Crippen LogP contribution is 2.25. The fourth-order valence-corrected chi connectivity index (χ4v) is 2.10. The van der Waals surface area contributed by atoms with Crippen LogP contribution in [0, 0.1) is 0 Å². The topological polar surface area (TPSA) is 38.0 Å². The van der Waals surface area contributed by atoms with Crippen molar-refractivity contribution in [2.24, 2.45) is 5.73 Å². The number of nitrogens with one attached hydrogen (secondary N) is 1. The van der Waals surface area contributed by atoms with E-state index in [1.54, 1.807) is 0 Å². The third-order valence-corrected chi connectivity index (χ3v) is 2.51. The Morgan fingerprint density at radius 3 is 2.22 bits per heavy atom. The maximum absolute atomic E-state index is 5.82. The fraction of sp³-hybridized carbons (Fsp3) is 1.00. The Labute approximate surface area is 55.8 Å². The number of rotatable bonds is 0. The molecule has 0 radical (unpaired) electrons. The Balaban J connectivity index is 2.03. The molecule has 0 spiro atoms. The first-order valence-electron chi connectivity index (χ1n) is 3.86. The van der Waals surface area contributed by atoms with Gasteiger partial charge in [0.15, 0.2) is 0 Å². The number of hydrogen-bond donors (Lipinski definition) is 2. The van der Waals surface area contributed by atoms with Crippen LogP contribution in [0.4, 0.5) is 0 Å². The van der Waals surface area contributed by atoms with Crippen molar-refractivity contribution in [2.75, 3.05) is 0 Å². The van der Waals surface area contributed by atoms with Crippen molar-refractivity contribution in [3.63, 3.8) is 0 Å². The second kappa shape index (κ2) is 1.96. The van der Waals surface area contributed by atoms with E-state index in [-0.39, 0.29) is 0 Å². The number of nitrogens with two attached hydrogens (primary N) is 1. The maximum Gasteiger partial charge on any atom is 0.00849 e. The van der Waals surface area contributed by atoms with E-state index in [1.165, 1.54) is 25.7 Å². The summed E-state index contributed by atoms with van der Waals surface area (Å²) in [5, 5.41) is 3.54. The summed E-state index contributed by atoms with van der Waals surface area (Å²) in [7, 11) is 0. The maximum atomic E-state index is 5.82.